The van der Waals surface area contributed by atoms with E-state index < -0.39 is 0 Å². The summed E-state index contributed by atoms with van der Waals surface area (Å²) in [7, 11) is 0. The second kappa shape index (κ2) is 5.25. The Labute approximate surface area is 118 Å². The van der Waals surface area contributed by atoms with Gasteiger partial charge in [0, 0.05) is 24.3 Å². The predicted molar refractivity (Wildman–Crippen MR) is 77.7 cm³/mol. The monoisotopic (exact) mass is 272 g/mol. The van der Waals surface area contributed by atoms with E-state index in [2.05, 4.69) is 29.6 Å². The second-order valence-corrected chi connectivity index (χ2v) is 5.60. The molecule has 1 fully saturated rings. The van der Waals surface area contributed by atoms with E-state index in [-0.39, 0.29) is 11.9 Å². The van der Waals surface area contributed by atoms with Crippen LogP contribution in [0.5, 0.6) is 0 Å². The molecule has 1 aliphatic heterocycles. The van der Waals surface area contributed by atoms with Crippen LogP contribution >= 0.6 is 0 Å². The van der Waals surface area contributed by atoms with Gasteiger partial charge in [-0.05, 0) is 38.8 Å². The summed E-state index contributed by atoms with van der Waals surface area (Å²) in [6.45, 7) is 4.30. The molecule has 3 rings (SSSR count). The number of fused-ring (bicyclic) bond motifs is 1. The average Bonchev–Trinajstić information content (AvgIpc) is 2.86. The Hall–Kier alpha value is -1.88. The molecule has 2 aromatic heterocycles. The van der Waals surface area contributed by atoms with Crippen molar-refractivity contribution in [3.8, 4) is 0 Å². The average molecular weight is 272 g/mol. The first-order valence-corrected chi connectivity index (χ1v) is 7.14. The van der Waals surface area contributed by atoms with Gasteiger partial charge in [-0.25, -0.2) is 4.52 Å². The summed E-state index contributed by atoms with van der Waals surface area (Å²) in [5.41, 5.74) is 1.48. The minimum Gasteiger partial charge on any atom is -0.348 e. The molecule has 20 heavy (non-hydrogen) atoms. The third kappa shape index (κ3) is 2.41. The zero-order valence-corrected chi connectivity index (χ0v) is 11.8. The van der Waals surface area contributed by atoms with E-state index in [0.29, 0.717) is 17.6 Å². The van der Waals surface area contributed by atoms with Crippen molar-refractivity contribution in [2.75, 3.05) is 0 Å². The molecule has 0 saturated carbocycles. The molecule has 1 aliphatic rings. The van der Waals surface area contributed by atoms with Crippen molar-refractivity contribution >= 4 is 11.4 Å². The summed E-state index contributed by atoms with van der Waals surface area (Å²) in [5.74, 6) is -0.0422. The molecule has 0 radical (unpaired) electrons. The van der Waals surface area contributed by atoms with Crippen LogP contribution < -0.4 is 10.6 Å². The number of nitrogens with one attached hydrogen (secondary N) is 2. The van der Waals surface area contributed by atoms with Crippen LogP contribution in [-0.4, -0.2) is 33.6 Å². The highest BCUT2D eigenvalue weighted by Crippen LogP contribution is 2.15. The molecule has 0 aliphatic carbocycles. The summed E-state index contributed by atoms with van der Waals surface area (Å²) in [6, 6.07) is 6.72. The number of nitrogens with zero attached hydrogens (tertiary/aromatic N) is 2. The van der Waals surface area contributed by atoms with Crippen LogP contribution in [0.3, 0.4) is 0 Å². The zero-order chi connectivity index (χ0) is 14.1. The number of hydrogen-bond acceptors (Lipinski definition) is 3. The lowest BCUT2D eigenvalue weighted by atomic mass is 9.95. The fraction of sp³-hybridized carbons (Fsp3) is 0.467. The van der Waals surface area contributed by atoms with Crippen molar-refractivity contribution in [2.45, 2.75) is 44.8 Å². The highest BCUT2D eigenvalue weighted by Gasteiger charge is 2.26. The van der Waals surface area contributed by atoms with Crippen LogP contribution in [0.25, 0.3) is 5.52 Å². The molecule has 106 valence electrons. The van der Waals surface area contributed by atoms with Crippen LogP contribution in [0.15, 0.2) is 30.6 Å². The Morgan fingerprint density at radius 3 is 3.05 bits per heavy atom. The maximum atomic E-state index is 12.4. The third-order valence-corrected chi connectivity index (χ3v) is 4.05. The van der Waals surface area contributed by atoms with Crippen molar-refractivity contribution in [1.29, 1.82) is 0 Å². The molecule has 2 N–H and O–H groups in total. The van der Waals surface area contributed by atoms with Crippen LogP contribution in [0.2, 0.25) is 0 Å². The van der Waals surface area contributed by atoms with E-state index in [4.69, 9.17) is 0 Å². The Balaban J connectivity index is 1.76. The van der Waals surface area contributed by atoms with Gasteiger partial charge in [-0.15, -0.1) is 0 Å². The van der Waals surface area contributed by atoms with Gasteiger partial charge in [0.05, 0.1) is 17.3 Å². The van der Waals surface area contributed by atoms with Crippen LogP contribution in [0.1, 0.15) is 37.0 Å². The van der Waals surface area contributed by atoms with Crippen molar-refractivity contribution in [1.82, 2.24) is 20.2 Å². The Kier molecular flexibility index (Phi) is 3.44. The maximum Gasteiger partial charge on any atom is 0.255 e. The number of rotatable bonds is 2. The van der Waals surface area contributed by atoms with Gasteiger partial charge in [0.25, 0.3) is 5.91 Å². The molecule has 1 amide bonds. The van der Waals surface area contributed by atoms with Crippen molar-refractivity contribution in [3.63, 3.8) is 0 Å². The van der Waals surface area contributed by atoms with Gasteiger partial charge in [0.1, 0.15) is 0 Å². The summed E-state index contributed by atoms with van der Waals surface area (Å²) >= 11 is 0. The fourth-order valence-electron chi connectivity index (χ4n) is 2.88. The molecule has 2 aromatic rings. The molecule has 5 nitrogen and oxygen atoms in total. The quantitative estimate of drug-likeness (QED) is 0.873. The summed E-state index contributed by atoms with van der Waals surface area (Å²) in [6.07, 6.45) is 5.58. The normalized spacial score (nSPS) is 26.6. The highest BCUT2D eigenvalue weighted by atomic mass is 16.1. The third-order valence-electron chi connectivity index (χ3n) is 4.05. The molecule has 5 heteroatoms. The van der Waals surface area contributed by atoms with Crippen molar-refractivity contribution < 1.29 is 4.79 Å². The van der Waals surface area contributed by atoms with Gasteiger partial charge in [-0.1, -0.05) is 6.07 Å². The van der Waals surface area contributed by atoms with Gasteiger partial charge in [0.2, 0.25) is 0 Å². The molecule has 3 heterocycles. The predicted octanol–water partition coefficient (Wildman–Crippen LogP) is 1.59. The highest BCUT2D eigenvalue weighted by molar-refractivity contribution is 6.00. The van der Waals surface area contributed by atoms with Gasteiger partial charge in [0.15, 0.2) is 0 Å². The minimum absolute atomic E-state index is 0.0422. The number of piperidine rings is 1. The lowest BCUT2D eigenvalue weighted by Crippen LogP contribution is -2.54. The number of carbonyl (C=O) groups is 1. The molecular formula is C15H20N4O. The summed E-state index contributed by atoms with van der Waals surface area (Å²) < 4.78 is 1.72. The SMILES string of the molecule is CC1CCC(NC(=O)c2cnn3ccccc23)C(C)N1. The van der Waals surface area contributed by atoms with Crippen LogP contribution in [-0.2, 0) is 0 Å². The first-order chi connectivity index (χ1) is 9.65. The van der Waals surface area contributed by atoms with E-state index in [9.17, 15) is 4.79 Å². The number of aromatic nitrogens is 2. The largest absolute Gasteiger partial charge is 0.348 e. The fourth-order valence-corrected chi connectivity index (χ4v) is 2.88. The Bertz CT molecular complexity index is 621. The Morgan fingerprint density at radius 2 is 2.25 bits per heavy atom. The Morgan fingerprint density at radius 1 is 1.40 bits per heavy atom. The number of carbonyl (C=O) groups excluding carboxylic acids is 1. The molecule has 0 aromatic carbocycles. The van der Waals surface area contributed by atoms with Crippen molar-refractivity contribution in [3.05, 3.63) is 36.2 Å². The van der Waals surface area contributed by atoms with Gasteiger partial charge in [-0.2, -0.15) is 5.10 Å². The van der Waals surface area contributed by atoms with Crippen molar-refractivity contribution in [2.24, 2.45) is 0 Å². The first kappa shape index (κ1) is 13.1. The van der Waals surface area contributed by atoms with Crippen LogP contribution in [0, 0.1) is 0 Å². The molecule has 0 bridgehead atoms. The van der Waals surface area contributed by atoms with E-state index in [0.717, 1.165) is 18.4 Å². The van der Waals surface area contributed by atoms with Crippen LogP contribution in [0.4, 0.5) is 0 Å². The molecule has 0 spiro atoms. The van der Waals surface area contributed by atoms with E-state index >= 15 is 0 Å². The van der Waals surface area contributed by atoms with E-state index in [1.807, 2.05) is 24.4 Å². The lowest BCUT2D eigenvalue weighted by Gasteiger charge is -2.34. The topological polar surface area (TPSA) is 58.4 Å². The summed E-state index contributed by atoms with van der Waals surface area (Å²) in [4.78, 5) is 12.4. The van der Waals surface area contributed by atoms with Gasteiger partial charge >= 0.3 is 0 Å². The van der Waals surface area contributed by atoms with Gasteiger partial charge in [-0.3, -0.25) is 4.79 Å². The number of amides is 1. The van der Waals surface area contributed by atoms with E-state index in [1.165, 1.54) is 0 Å². The number of hydrogen-bond donors (Lipinski definition) is 2. The smallest absolute Gasteiger partial charge is 0.255 e. The van der Waals surface area contributed by atoms with E-state index in [1.54, 1.807) is 10.7 Å². The van der Waals surface area contributed by atoms with Gasteiger partial charge < -0.3 is 10.6 Å². The zero-order valence-electron chi connectivity index (χ0n) is 11.8. The maximum absolute atomic E-state index is 12.4. The standard InChI is InChI=1S/C15H20N4O/c1-10-6-7-13(11(2)17-10)18-15(20)12-9-16-19-8-4-3-5-14(12)19/h3-5,8-11,13,17H,6-7H2,1-2H3,(H,18,20). The lowest BCUT2D eigenvalue weighted by molar-refractivity contribution is 0.0916. The number of pyridine rings is 1. The molecule has 3 atom stereocenters. The molecule has 1 saturated heterocycles. The molecule has 3 unspecified atom stereocenters. The minimum atomic E-state index is -0.0422. The first-order valence-electron chi connectivity index (χ1n) is 7.14. The summed E-state index contributed by atoms with van der Waals surface area (Å²) in [5, 5.41) is 10.8. The second-order valence-electron chi connectivity index (χ2n) is 5.60. The molecular weight excluding hydrogens is 252 g/mol.